The molecule has 0 aliphatic heterocycles. The number of hydrogen-bond donors (Lipinski definition) is 3. The van der Waals surface area contributed by atoms with Crippen LogP contribution in [0.15, 0.2) is 0 Å². The third-order valence-corrected chi connectivity index (χ3v) is 1.75. The SMILES string of the molecule is O=C(O)C(CO)NPP. The molecule has 6 heteroatoms. The van der Waals surface area contributed by atoms with Gasteiger partial charge in [0.2, 0.25) is 0 Å². The normalized spacial score (nSPS) is 14.4. The van der Waals surface area contributed by atoms with Crippen LogP contribution in [0.2, 0.25) is 0 Å². The summed E-state index contributed by atoms with van der Waals surface area (Å²) in [6.07, 6.45) is 0. The number of aliphatic hydroxyl groups excluding tert-OH is 1. The van der Waals surface area contributed by atoms with E-state index in [4.69, 9.17) is 10.2 Å². The Morgan fingerprint density at radius 2 is 2.44 bits per heavy atom. The number of hydrogen-bond acceptors (Lipinski definition) is 3. The monoisotopic (exact) mass is 169 g/mol. The number of carbonyl (C=O) groups is 1. The van der Waals surface area contributed by atoms with Crippen LogP contribution >= 0.6 is 17.3 Å². The van der Waals surface area contributed by atoms with E-state index in [9.17, 15) is 4.79 Å². The second kappa shape index (κ2) is 5.07. The fourth-order valence-corrected chi connectivity index (χ4v) is 1.31. The van der Waals surface area contributed by atoms with Gasteiger partial charge < -0.3 is 10.2 Å². The lowest BCUT2D eigenvalue weighted by molar-refractivity contribution is -0.139. The maximum atomic E-state index is 10.1. The van der Waals surface area contributed by atoms with Gasteiger partial charge in [-0.2, -0.15) is 0 Å². The highest BCUT2D eigenvalue weighted by Gasteiger charge is 2.12. The van der Waals surface area contributed by atoms with Gasteiger partial charge in [-0.25, -0.2) is 0 Å². The molecule has 0 aromatic heterocycles. The fourth-order valence-electron chi connectivity index (χ4n) is 0.286. The minimum Gasteiger partial charge on any atom is -0.480 e. The second-order valence-corrected chi connectivity index (χ2v) is 2.81. The molecule has 0 aliphatic rings. The molecule has 0 aromatic carbocycles. The zero-order chi connectivity index (χ0) is 7.28. The molecule has 0 amide bonds. The molecule has 0 spiro atoms. The van der Waals surface area contributed by atoms with Crippen molar-refractivity contribution in [2.24, 2.45) is 0 Å². The van der Waals surface area contributed by atoms with Gasteiger partial charge in [0.05, 0.1) is 6.61 Å². The first-order valence-electron chi connectivity index (χ1n) is 2.27. The molecule has 0 radical (unpaired) electrons. The third kappa shape index (κ3) is 3.77. The van der Waals surface area contributed by atoms with Gasteiger partial charge in [0.25, 0.3) is 0 Å². The van der Waals surface area contributed by atoms with Crippen molar-refractivity contribution < 1.29 is 15.0 Å². The zero-order valence-electron chi connectivity index (χ0n) is 4.66. The Bertz CT molecular complexity index is 99.1. The Balaban J connectivity index is 3.54. The summed E-state index contributed by atoms with van der Waals surface area (Å²) in [4.78, 5) is 10.1. The van der Waals surface area contributed by atoms with E-state index in [1.165, 1.54) is 0 Å². The average Bonchev–Trinajstić information content (AvgIpc) is 1.82. The van der Waals surface area contributed by atoms with Crippen molar-refractivity contribution in [1.29, 1.82) is 0 Å². The van der Waals surface area contributed by atoms with Crippen molar-refractivity contribution >= 4 is 23.3 Å². The maximum Gasteiger partial charge on any atom is 0.323 e. The first kappa shape index (κ1) is 9.25. The van der Waals surface area contributed by atoms with Crippen LogP contribution in [0.5, 0.6) is 0 Å². The molecule has 0 aromatic rings. The number of carboxylic acids is 1. The first-order valence-corrected chi connectivity index (χ1v) is 5.08. The number of nitrogens with one attached hydrogen (secondary N) is 1. The molecular weight excluding hydrogens is 160 g/mol. The maximum absolute atomic E-state index is 10.1. The van der Waals surface area contributed by atoms with E-state index in [-0.39, 0.29) is 15.0 Å². The van der Waals surface area contributed by atoms with Crippen LogP contribution in [-0.2, 0) is 4.79 Å². The summed E-state index contributed by atoms with van der Waals surface area (Å²) in [5.74, 6) is -1.02. The van der Waals surface area contributed by atoms with Gasteiger partial charge in [0.1, 0.15) is 6.04 Å². The quantitative estimate of drug-likeness (QED) is 0.492. The summed E-state index contributed by atoms with van der Waals surface area (Å²) in [5.41, 5.74) is 0. The molecule has 3 unspecified atom stereocenters. The van der Waals surface area contributed by atoms with Crippen LogP contribution in [-0.4, -0.2) is 28.8 Å². The molecule has 0 saturated heterocycles. The van der Waals surface area contributed by atoms with Crippen LogP contribution in [0.25, 0.3) is 0 Å². The van der Waals surface area contributed by atoms with Crippen molar-refractivity contribution in [2.45, 2.75) is 6.04 Å². The van der Waals surface area contributed by atoms with Gasteiger partial charge in [-0.3, -0.25) is 9.88 Å². The fraction of sp³-hybridized carbons (Fsp3) is 0.667. The van der Waals surface area contributed by atoms with E-state index >= 15 is 0 Å². The molecule has 0 aliphatic carbocycles. The smallest absolute Gasteiger partial charge is 0.323 e. The molecule has 54 valence electrons. The van der Waals surface area contributed by atoms with Crippen molar-refractivity contribution in [1.82, 2.24) is 5.09 Å². The highest BCUT2D eigenvalue weighted by Crippen LogP contribution is 2.14. The number of aliphatic carboxylic acids is 1. The zero-order valence-corrected chi connectivity index (χ0v) is 6.82. The topological polar surface area (TPSA) is 69.6 Å². The van der Waals surface area contributed by atoms with Gasteiger partial charge in [0.15, 0.2) is 0 Å². The molecule has 0 heterocycles. The molecule has 3 N–H and O–H groups in total. The molecule has 3 atom stereocenters. The lowest BCUT2D eigenvalue weighted by Gasteiger charge is -2.07. The summed E-state index contributed by atoms with van der Waals surface area (Å²) < 4.78 is 0. The Labute approximate surface area is 57.0 Å². The van der Waals surface area contributed by atoms with E-state index < -0.39 is 12.0 Å². The summed E-state index contributed by atoms with van der Waals surface area (Å²) >= 11 is 0. The van der Waals surface area contributed by atoms with Gasteiger partial charge in [-0.15, -0.1) is 0 Å². The Morgan fingerprint density at radius 1 is 1.89 bits per heavy atom. The van der Waals surface area contributed by atoms with Crippen molar-refractivity contribution in [3.8, 4) is 0 Å². The molecular formula is C3H9NO3P2. The van der Waals surface area contributed by atoms with E-state index in [2.05, 4.69) is 14.0 Å². The molecule has 0 rings (SSSR count). The summed E-state index contributed by atoms with van der Waals surface area (Å²) in [5, 5.41) is 19.2. The standard InChI is InChI=1S/C3H9NO3P2/c5-1-2(3(6)7)4-9-8/h2,4-5,9H,1,8H2,(H,6,7). The molecule has 9 heavy (non-hydrogen) atoms. The summed E-state index contributed by atoms with van der Waals surface area (Å²) in [6, 6.07) is -0.819. The summed E-state index contributed by atoms with van der Waals surface area (Å²) in [7, 11) is 2.60. The van der Waals surface area contributed by atoms with Gasteiger partial charge in [-0.1, -0.05) is 8.93 Å². The molecule has 0 fully saturated rings. The molecule has 4 nitrogen and oxygen atoms in total. The lowest BCUT2D eigenvalue weighted by atomic mass is 10.3. The molecule has 0 saturated carbocycles. The van der Waals surface area contributed by atoms with E-state index in [0.717, 1.165) is 0 Å². The first-order chi connectivity index (χ1) is 4.22. The van der Waals surface area contributed by atoms with Crippen molar-refractivity contribution in [3.63, 3.8) is 0 Å². The number of aliphatic hydroxyl groups is 1. The highest BCUT2D eigenvalue weighted by molar-refractivity contribution is 8.01. The van der Waals surface area contributed by atoms with Gasteiger partial charge in [0, 0.05) is 0 Å². The van der Waals surface area contributed by atoms with Crippen LogP contribution in [0.4, 0.5) is 0 Å². The largest absolute Gasteiger partial charge is 0.480 e. The predicted molar refractivity (Wildman–Crippen MR) is 39.7 cm³/mol. The lowest BCUT2D eigenvalue weighted by Crippen LogP contribution is -2.34. The predicted octanol–water partition coefficient (Wildman–Crippen LogP) is -0.595. The van der Waals surface area contributed by atoms with Crippen LogP contribution in [0, 0.1) is 0 Å². The minimum absolute atomic E-state index is 0.264. The Kier molecular flexibility index (Phi) is 5.21. The van der Waals surface area contributed by atoms with Crippen LogP contribution < -0.4 is 5.09 Å². The van der Waals surface area contributed by atoms with E-state index in [1.54, 1.807) is 0 Å². The third-order valence-electron chi connectivity index (χ3n) is 0.738. The number of rotatable bonds is 4. The van der Waals surface area contributed by atoms with Crippen LogP contribution in [0.3, 0.4) is 0 Å². The Hall–Kier alpha value is 0.250. The summed E-state index contributed by atoms with van der Waals surface area (Å²) in [6.45, 7) is -0.364. The van der Waals surface area contributed by atoms with Crippen molar-refractivity contribution in [3.05, 3.63) is 0 Å². The van der Waals surface area contributed by atoms with E-state index in [1.807, 2.05) is 0 Å². The minimum atomic E-state index is -1.02. The second-order valence-electron chi connectivity index (χ2n) is 1.36. The number of carboxylic acid groups (broad SMARTS) is 1. The highest BCUT2D eigenvalue weighted by atomic mass is 32.0. The van der Waals surface area contributed by atoms with Crippen molar-refractivity contribution in [2.75, 3.05) is 6.61 Å². The average molecular weight is 169 g/mol. The molecule has 0 bridgehead atoms. The van der Waals surface area contributed by atoms with Gasteiger partial charge in [-0.05, 0) is 8.42 Å². The Morgan fingerprint density at radius 3 is 2.56 bits per heavy atom. The van der Waals surface area contributed by atoms with Gasteiger partial charge >= 0.3 is 5.97 Å². The van der Waals surface area contributed by atoms with Crippen LogP contribution in [0.1, 0.15) is 0 Å². The van der Waals surface area contributed by atoms with E-state index in [0.29, 0.717) is 0 Å².